The Kier molecular flexibility index (Phi) is 4.33. The molecule has 1 unspecified atom stereocenters. The third-order valence-electron chi connectivity index (χ3n) is 2.62. The molecule has 0 aromatic carbocycles. The summed E-state index contributed by atoms with van der Waals surface area (Å²) in [5, 5.41) is 0. The minimum atomic E-state index is -0.472. The van der Waals surface area contributed by atoms with Crippen LogP contribution in [0.25, 0.3) is 0 Å². The van der Waals surface area contributed by atoms with Crippen LogP contribution in [0.15, 0.2) is 0 Å². The van der Waals surface area contributed by atoms with Crippen molar-refractivity contribution in [2.24, 2.45) is 0 Å². The van der Waals surface area contributed by atoms with Crippen LogP contribution in [0.1, 0.15) is 46.5 Å². The van der Waals surface area contributed by atoms with Gasteiger partial charge in [-0.25, -0.2) is 4.79 Å². The fourth-order valence-electron chi connectivity index (χ4n) is 1.92. The van der Waals surface area contributed by atoms with Crippen molar-refractivity contribution < 1.29 is 14.3 Å². The van der Waals surface area contributed by atoms with Gasteiger partial charge >= 0.3 is 6.09 Å². The van der Waals surface area contributed by atoms with Crippen molar-refractivity contribution in [3.8, 4) is 0 Å². The van der Waals surface area contributed by atoms with E-state index in [2.05, 4.69) is 0 Å². The largest absolute Gasteiger partial charge is 0.444 e. The fourth-order valence-corrected chi connectivity index (χ4v) is 1.92. The molecule has 1 aliphatic heterocycles. The number of hydrogen-bond acceptors (Lipinski definition) is 3. The van der Waals surface area contributed by atoms with Crippen molar-refractivity contribution in [2.75, 3.05) is 6.54 Å². The highest BCUT2D eigenvalue weighted by molar-refractivity contribution is 5.69. The van der Waals surface area contributed by atoms with Crippen LogP contribution in [-0.4, -0.2) is 35.5 Å². The standard InChI is InChI=1S/C12H21NO3/c1-12(2,3)16-11(15)13-8-5-4-6-10(13)7-9-14/h9-10H,4-8H2,1-3H3. The second kappa shape index (κ2) is 5.32. The zero-order valence-corrected chi connectivity index (χ0v) is 10.4. The summed E-state index contributed by atoms with van der Waals surface area (Å²) < 4.78 is 5.32. The number of piperidine rings is 1. The zero-order valence-electron chi connectivity index (χ0n) is 10.4. The van der Waals surface area contributed by atoms with Crippen LogP contribution < -0.4 is 0 Å². The van der Waals surface area contributed by atoms with Gasteiger partial charge in [-0.3, -0.25) is 0 Å². The average Bonchev–Trinajstić information content (AvgIpc) is 2.16. The molecule has 0 radical (unpaired) electrons. The minimum Gasteiger partial charge on any atom is -0.444 e. The molecular weight excluding hydrogens is 206 g/mol. The molecule has 0 aromatic heterocycles. The van der Waals surface area contributed by atoms with E-state index in [0.717, 1.165) is 25.5 Å². The van der Waals surface area contributed by atoms with E-state index in [9.17, 15) is 9.59 Å². The molecule has 1 aliphatic rings. The van der Waals surface area contributed by atoms with E-state index < -0.39 is 5.60 Å². The second-order valence-corrected chi connectivity index (χ2v) is 5.23. The third kappa shape index (κ3) is 3.83. The van der Waals surface area contributed by atoms with Gasteiger partial charge in [-0.05, 0) is 40.0 Å². The topological polar surface area (TPSA) is 46.6 Å². The molecule has 1 heterocycles. The second-order valence-electron chi connectivity index (χ2n) is 5.23. The predicted molar refractivity (Wildman–Crippen MR) is 61.3 cm³/mol. The maximum Gasteiger partial charge on any atom is 0.410 e. The number of aldehydes is 1. The number of rotatable bonds is 2. The van der Waals surface area contributed by atoms with Crippen molar-refractivity contribution in [1.29, 1.82) is 0 Å². The van der Waals surface area contributed by atoms with Crippen LogP contribution in [0.5, 0.6) is 0 Å². The number of hydrogen-bond donors (Lipinski definition) is 0. The number of likely N-dealkylation sites (tertiary alicyclic amines) is 1. The maximum atomic E-state index is 11.9. The molecule has 0 saturated carbocycles. The molecule has 1 fully saturated rings. The van der Waals surface area contributed by atoms with Crippen LogP contribution in [0, 0.1) is 0 Å². The van der Waals surface area contributed by atoms with Crippen LogP contribution in [0.4, 0.5) is 4.79 Å². The number of carbonyl (C=O) groups is 2. The number of ether oxygens (including phenoxy) is 1. The van der Waals surface area contributed by atoms with Crippen LogP contribution in [0.2, 0.25) is 0 Å². The zero-order chi connectivity index (χ0) is 12.2. The van der Waals surface area contributed by atoms with Gasteiger partial charge < -0.3 is 14.4 Å². The van der Waals surface area contributed by atoms with Crippen LogP contribution >= 0.6 is 0 Å². The first kappa shape index (κ1) is 13.0. The summed E-state index contributed by atoms with van der Waals surface area (Å²) in [4.78, 5) is 24.1. The minimum absolute atomic E-state index is 0.0288. The SMILES string of the molecule is CC(C)(C)OC(=O)N1CCCCC1CC=O. The van der Waals surface area contributed by atoms with E-state index in [1.807, 2.05) is 20.8 Å². The smallest absolute Gasteiger partial charge is 0.410 e. The molecule has 4 nitrogen and oxygen atoms in total. The highest BCUT2D eigenvalue weighted by Crippen LogP contribution is 2.21. The van der Waals surface area contributed by atoms with Gasteiger partial charge in [-0.2, -0.15) is 0 Å². The van der Waals surface area contributed by atoms with Crippen molar-refractivity contribution in [3.05, 3.63) is 0 Å². The number of amides is 1. The highest BCUT2D eigenvalue weighted by atomic mass is 16.6. The van der Waals surface area contributed by atoms with E-state index in [1.165, 1.54) is 0 Å². The molecular formula is C12H21NO3. The summed E-state index contributed by atoms with van der Waals surface area (Å²) in [6, 6.07) is 0.0288. The van der Waals surface area contributed by atoms with E-state index in [1.54, 1.807) is 4.90 Å². The average molecular weight is 227 g/mol. The fraction of sp³-hybridized carbons (Fsp3) is 0.833. The lowest BCUT2D eigenvalue weighted by Crippen LogP contribution is -2.46. The molecule has 16 heavy (non-hydrogen) atoms. The molecule has 0 aliphatic carbocycles. The summed E-state index contributed by atoms with van der Waals surface area (Å²) >= 11 is 0. The van der Waals surface area contributed by atoms with E-state index in [0.29, 0.717) is 13.0 Å². The Morgan fingerprint density at radius 1 is 1.44 bits per heavy atom. The molecule has 1 rings (SSSR count). The van der Waals surface area contributed by atoms with Gasteiger partial charge in [0.05, 0.1) is 0 Å². The Morgan fingerprint density at radius 2 is 2.12 bits per heavy atom. The normalized spacial score (nSPS) is 21.7. The van der Waals surface area contributed by atoms with Gasteiger partial charge in [0.25, 0.3) is 0 Å². The molecule has 1 atom stereocenters. The number of nitrogens with zero attached hydrogens (tertiary/aromatic N) is 1. The Labute approximate surface area is 96.9 Å². The quantitative estimate of drug-likeness (QED) is 0.680. The Hall–Kier alpha value is -1.06. The van der Waals surface area contributed by atoms with Gasteiger partial charge in [-0.15, -0.1) is 0 Å². The van der Waals surface area contributed by atoms with Crippen molar-refractivity contribution in [1.82, 2.24) is 4.90 Å². The first-order chi connectivity index (χ1) is 7.44. The third-order valence-corrected chi connectivity index (χ3v) is 2.62. The monoisotopic (exact) mass is 227 g/mol. The summed E-state index contributed by atoms with van der Waals surface area (Å²) in [6.07, 6.45) is 3.98. The van der Waals surface area contributed by atoms with E-state index in [-0.39, 0.29) is 12.1 Å². The predicted octanol–water partition coefficient (Wildman–Crippen LogP) is 2.37. The molecule has 92 valence electrons. The van der Waals surface area contributed by atoms with Gasteiger partial charge in [0.1, 0.15) is 11.9 Å². The lowest BCUT2D eigenvalue weighted by atomic mass is 10.0. The molecule has 4 heteroatoms. The summed E-state index contributed by atoms with van der Waals surface area (Å²) in [5.41, 5.74) is -0.472. The number of carbonyl (C=O) groups excluding carboxylic acids is 2. The Balaban J connectivity index is 2.60. The molecule has 1 amide bonds. The van der Waals surface area contributed by atoms with Gasteiger partial charge in [0.2, 0.25) is 0 Å². The first-order valence-corrected chi connectivity index (χ1v) is 5.87. The highest BCUT2D eigenvalue weighted by Gasteiger charge is 2.29. The summed E-state index contributed by atoms with van der Waals surface area (Å²) in [7, 11) is 0. The lowest BCUT2D eigenvalue weighted by molar-refractivity contribution is -0.109. The maximum absolute atomic E-state index is 11.9. The van der Waals surface area contributed by atoms with Gasteiger partial charge in [-0.1, -0.05) is 0 Å². The van der Waals surface area contributed by atoms with Gasteiger partial charge in [0, 0.05) is 19.0 Å². The molecule has 0 N–H and O–H groups in total. The first-order valence-electron chi connectivity index (χ1n) is 5.87. The summed E-state index contributed by atoms with van der Waals surface area (Å²) in [5.74, 6) is 0. The molecule has 0 bridgehead atoms. The Bertz CT molecular complexity index is 257. The summed E-state index contributed by atoms with van der Waals surface area (Å²) in [6.45, 7) is 6.25. The van der Waals surface area contributed by atoms with Crippen molar-refractivity contribution in [3.63, 3.8) is 0 Å². The van der Waals surface area contributed by atoms with Crippen LogP contribution in [-0.2, 0) is 9.53 Å². The van der Waals surface area contributed by atoms with E-state index in [4.69, 9.17) is 4.74 Å². The van der Waals surface area contributed by atoms with Crippen LogP contribution in [0.3, 0.4) is 0 Å². The Morgan fingerprint density at radius 3 is 2.69 bits per heavy atom. The lowest BCUT2D eigenvalue weighted by Gasteiger charge is -2.35. The van der Waals surface area contributed by atoms with Crippen molar-refractivity contribution in [2.45, 2.75) is 58.1 Å². The van der Waals surface area contributed by atoms with Crippen molar-refractivity contribution >= 4 is 12.4 Å². The molecule has 0 spiro atoms. The van der Waals surface area contributed by atoms with E-state index >= 15 is 0 Å². The molecule has 0 aromatic rings. The molecule has 1 saturated heterocycles. The van der Waals surface area contributed by atoms with Gasteiger partial charge in [0.15, 0.2) is 0 Å².